The molecule has 0 fully saturated rings. The second-order valence-corrected chi connectivity index (χ2v) is 5.30. The molecule has 0 aromatic carbocycles. The summed E-state index contributed by atoms with van der Waals surface area (Å²) in [6.07, 6.45) is 13.0. The Morgan fingerprint density at radius 1 is 0.941 bits per heavy atom. The molecule has 1 unspecified atom stereocenters. The topological polar surface area (TPSA) is 9.23 Å². The molecule has 1 heteroatoms. The van der Waals surface area contributed by atoms with E-state index >= 15 is 0 Å². The molecule has 0 rings (SSSR count). The highest BCUT2D eigenvalue weighted by Crippen LogP contribution is 2.09. The maximum absolute atomic E-state index is 5.71. The van der Waals surface area contributed by atoms with Crippen LogP contribution in [0.25, 0.3) is 0 Å². The average molecular weight is 241 g/mol. The third-order valence-electron chi connectivity index (χ3n) is 3.24. The predicted molar refractivity (Wildman–Crippen MR) is 77.2 cm³/mol. The van der Waals surface area contributed by atoms with Crippen molar-refractivity contribution in [2.45, 2.75) is 78.1 Å². The number of hydrogen-bond donors (Lipinski definition) is 0. The van der Waals surface area contributed by atoms with Crippen molar-refractivity contribution in [2.24, 2.45) is 5.92 Å². The molecular formula is C16H33O. The third-order valence-corrected chi connectivity index (χ3v) is 3.24. The summed E-state index contributed by atoms with van der Waals surface area (Å²) in [6.45, 7) is 10.3. The minimum absolute atomic E-state index is 0.743. The minimum atomic E-state index is 0.743. The molecule has 1 atom stereocenters. The summed E-state index contributed by atoms with van der Waals surface area (Å²) in [5, 5.41) is 0. The smallest absolute Gasteiger partial charge is 0.0491 e. The van der Waals surface area contributed by atoms with Crippen LogP contribution in [-0.4, -0.2) is 13.2 Å². The van der Waals surface area contributed by atoms with Crippen LogP contribution in [0, 0.1) is 12.8 Å². The van der Waals surface area contributed by atoms with E-state index in [1.165, 1.54) is 57.8 Å². The summed E-state index contributed by atoms with van der Waals surface area (Å²) in [4.78, 5) is 0. The molecule has 0 saturated carbocycles. The molecule has 103 valence electrons. The fourth-order valence-electron chi connectivity index (χ4n) is 2.01. The van der Waals surface area contributed by atoms with Gasteiger partial charge in [0.05, 0.1) is 0 Å². The molecule has 1 nitrogen and oxygen atoms in total. The molecule has 0 aliphatic rings. The quantitative estimate of drug-likeness (QED) is 0.393. The summed E-state index contributed by atoms with van der Waals surface area (Å²) in [5.74, 6) is 0.743. The number of unbranched alkanes of at least 4 members (excludes halogenated alkanes) is 7. The van der Waals surface area contributed by atoms with E-state index < -0.39 is 0 Å². The molecule has 0 aliphatic heterocycles. The second-order valence-electron chi connectivity index (χ2n) is 5.30. The van der Waals surface area contributed by atoms with Crippen LogP contribution in [0.3, 0.4) is 0 Å². The van der Waals surface area contributed by atoms with E-state index in [1.807, 2.05) is 0 Å². The number of rotatable bonds is 13. The van der Waals surface area contributed by atoms with E-state index in [0.717, 1.165) is 25.6 Å². The largest absolute Gasteiger partial charge is 0.381 e. The monoisotopic (exact) mass is 241 g/mol. The Kier molecular flexibility index (Phi) is 14.0. The molecule has 0 spiro atoms. The van der Waals surface area contributed by atoms with E-state index in [0.29, 0.717) is 0 Å². The van der Waals surface area contributed by atoms with Gasteiger partial charge in [-0.1, -0.05) is 72.1 Å². The van der Waals surface area contributed by atoms with Crippen molar-refractivity contribution in [1.29, 1.82) is 0 Å². The van der Waals surface area contributed by atoms with Crippen LogP contribution >= 0.6 is 0 Å². The zero-order chi connectivity index (χ0) is 12.8. The van der Waals surface area contributed by atoms with Crippen LogP contribution in [0.15, 0.2) is 0 Å². The summed E-state index contributed by atoms with van der Waals surface area (Å²) < 4.78 is 5.71. The van der Waals surface area contributed by atoms with Crippen molar-refractivity contribution < 1.29 is 4.74 Å². The summed E-state index contributed by atoms with van der Waals surface area (Å²) in [5.41, 5.74) is 0. The average Bonchev–Trinajstić information content (AvgIpc) is 2.34. The molecule has 1 radical (unpaired) electrons. The van der Waals surface area contributed by atoms with Crippen molar-refractivity contribution in [3.05, 3.63) is 6.92 Å². The Morgan fingerprint density at radius 2 is 1.59 bits per heavy atom. The van der Waals surface area contributed by atoms with Crippen LogP contribution in [0.4, 0.5) is 0 Å². The molecule has 0 heterocycles. The molecular weight excluding hydrogens is 208 g/mol. The minimum Gasteiger partial charge on any atom is -0.381 e. The lowest BCUT2D eigenvalue weighted by atomic mass is 10.1. The molecule has 0 N–H and O–H groups in total. The molecule has 0 amide bonds. The van der Waals surface area contributed by atoms with Crippen molar-refractivity contribution in [3.8, 4) is 0 Å². The first kappa shape index (κ1) is 17.0. The zero-order valence-corrected chi connectivity index (χ0v) is 12.2. The van der Waals surface area contributed by atoms with Gasteiger partial charge in [-0.2, -0.15) is 0 Å². The highest BCUT2D eigenvalue weighted by Gasteiger charge is 2.00. The molecule has 0 aromatic heterocycles. The standard InChI is InChI=1S/C16H33O/c1-4-6-8-9-10-11-12-14-17-15-16(3)13-7-5-2/h16H,1,4-15H2,2-3H3. The fraction of sp³-hybridized carbons (Fsp3) is 0.938. The van der Waals surface area contributed by atoms with E-state index in [1.54, 1.807) is 0 Å². The summed E-state index contributed by atoms with van der Waals surface area (Å²) in [6, 6.07) is 0. The highest BCUT2D eigenvalue weighted by atomic mass is 16.5. The van der Waals surface area contributed by atoms with Gasteiger partial charge in [-0.05, 0) is 18.8 Å². The van der Waals surface area contributed by atoms with Gasteiger partial charge in [-0.3, -0.25) is 0 Å². The maximum Gasteiger partial charge on any atom is 0.0491 e. The Hall–Kier alpha value is -0.0400. The molecule has 0 aliphatic carbocycles. The predicted octanol–water partition coefficient (Wildman–Crippen LogP) is 5.39. The van der Waals surface area contributed by atoms with Gasteiger partial charge in [0, 0.05) is 13.2 Å². The first-order valence-corrected chi connectivity index (χ1v) is 7.68. The van der Waals surface area contributed by atoms with Crippen molar-refractivity contribution in [2.75, 3.05) is 13.2 Å². The van der Waals surface area contributed by atoms with E-state index in [-0.39, 0.29) is 0 Å². The van der Waals surface area contributed by atoms with Crippen LogP contribution in [0.5, 0.6) is 0 Å². The summed E-state index contributed by atoms with van der Waals surface area (Å²) in [7, 11) is 0. The van der Waals surface area contributed by atoms with Gasteiger partial charge in [0.25, 0.3) is 0 Å². The first-order valence-electron chi connectivity index (χ1n) is 7.68. The molecule has 17 heavy (non-hydrogen) atoms. The lowest BCUT2D eigenvalue weighted by molar-refractivity contribution is 0.0978. The summed E-state index contributed by atoms with van der Waals surface area (Å²) >= 11 is 0. The van der Waals surface area contributed by atoms with Crippen molar-refractivity contribution >= 4 is 0 Å². The molecule has 0 bridgehead atoms. The van der Waals surface area contributed by atoms with Crippen LogP contribution < -0.4 is 0 Å². The lowest BCUT2D eigenvalue weighted by Gasteiger charge is -2.11. The van der Waals surface area contributed by atoms with Crippen molar-refractivity contribution in [1.82, 2.24) is 0 Å². The van der Waals surface area contributed by atoms with E-state index in [4.69, 9.17) is 4.74 Å². The van der Waals surface area contributed by atoms with Gasteiger partial charge in [0.15, 0.2) is 0 Å². The first-order chi connectivity index (χ1) is 8.31. The third kappa shape index (κ3) is 13.9. The zero-order valence-electron chi connectivity index (χ0n) is 12.2. The SMILES string of the molecule is [CH2]CCCCCCCCOCC(C)CCCC. The van der Waals surface area contributed by atoms with Crippen LogP contribution in [0.2, 0.25) is 0 Å². The Bertz CT molecular complexity index is 133. The van der Waals surface area contributed by atoms with Gasteiger partial charge in [0.1, 0.15) is 0 Å². The van der Waals surface area contributed by atoms with E-state index in [2.05, 4.69) is 20.8 Å². The van der Waals surface area contributed by atoms with Crippen LogP contribution in [0.1, 0.15) is 78.1 Å². The number of ether oxygens (including phenoxy) is 1. The molecule has 0 saturated heterocycles. The Morgan fingerprint density at radius 3 is 2.24 bits per heavy atom. The fourth-order valence-corrected chi connectivity index (χ4v) is 2.01. The van der Waals surface area contributed by atoms with Gasteiger partial charge >= 0.3 is 0 Å². The molecule has 0 aromatic rings. The maximum atomic E-state index is 5.71. The van der Waals surface area contributed by atoms with Gasteiger partial charge in [0.2, 0.25) is 0 Å². The second kappa shape index (κ2) is 14.0. The van der Waals surface area contributed by atoms with E-state index in [9.17, 15) is 0 Å². The van der Waals surface area contributed by atoms with Gasteiger partial charge < -0.3 is 4.74 Å². The van der Waals surface area contributed by atoms with Gasteiger partial charge in [-0.15, -0.1) is 0 Å². The number of hydrogen-bond acceptors (Lipinski definition) is 1. The van der Waals surface area contributed by atoms with Crippen molar-refractivity contribution in [3.63, 3.8) is 0 Å². The van der Waals surface area contributed by atoms with Crippen LogP contribution in [-0.2, 0) is 4.74 Å². The Balaban J connectivity index is 3.02. The normalized spacial score (nSPS) is 12.9. The Labute approximate surface area is 109 Å². The lowest BCUT2D eigenvalue weighted by Crippen LogP contribution is -2.06. The van der Waals surface area contributed by atoms with Gasteiger partial charge in [-0.25, -0.2) is 0 Å². The highest BCUT2D eigenvalue weighted by molar-refractivity contribution is 4.51.